The van der Waals surface area contributed by atoms with Gasteiger partial charge in [-0.15, -0.1) is 0 Å². The SMILES string of the molecule is CC=Cc1cc(CO)c(O)c(OC)c1. The monoisotopic (exact) mass is 194 g/mol. The van der Waals surface area contributed by atoms with Gasteiger partial charge in [0.05, 0.1) is 13.7 Å². The van der Waals surface area contributed by atoms with Crippen molar-refractivity contribution in [2.45, 2.75) is 13.5 Å². The summed E-state index contributed by atoms with van der Waals surface area (Å²) in [4.78, 5) is 0. The maximum atomic E-state index is 9.57. The van der Waals surface area contributed by atoms with Crippen molar-refractivity contribution >= 4 is 6.08 Å². The van der Waals surface area contributed by atoms with Crippen molar-refractivity contribution in [2.75, 3.05) is 7.11 Å². The second kappa shape index (κ2) is 4.67. The molecule has 0 unspecified atom stereocenters. The number of phenols is 1. The molecule has 0 fully saturated rings. The lowest BCUT2D eigenvalue weighted by Crippen LogP contribution is -1.91. The van der Waals surface area contributed by atoms with Crippen LogP contribution in [0.25, 0.3) is 6.08 Å². The summed E-state index contributed by atoms with van der Waals surface area (Å²) in [5, 5.41) is 18.6. The molecule has 1 aromatic rings. The number of allylic oxidation sites excluding steroid dienone is 1. The lowest BCUT2D eigenvalue weighted by atomic mass is 10.1. The summed E-state index contributed by atoms with van der Waals surface area (Å²) in [6.45, 7) is 1.70. The minimum Gasteiger partial charge on any atom is -0.504 e. The summed E-state index contributed by atoms with van der Waals surface area (Å²) in [6, 6.07) is 3.44. The van der Waals surface area contributed by atoms with E-state index in [2.05, 4.69) is 0 Å². The third kappa shape index (κ3) is 2.06. The molecule has 76 valence electrons. The number of hydrogen-bond acceptors (Lipinski definition) is 3. The Bertz CT molecular complexity index is 317. The molecule has 0 aliphatic rings. The van der Waals surface area contributed by atoms with E-state index in [1.54, 1.807) is 12.1 Å². The molecule has 0 saturated heterocycles. The van der Waals surface area contributed by atoms with E-state index in [1.165, 1.54) is 7.11 Å². The summed E-state index contributed by atoms with van der Waals surface area (Å²) >= 11 is 0. The van der Waals surface area contributed by atoms with Gasteiger partial charge in [0.2, 0.25) is 0 Å². The van der Waals surface area contributed by atoms with Gasteiger partial charge in [-0.2, -0.15) is 0 Å². The van der Waals surface area contributed by atoms with Gasteiger partial charge in [0.1, 0.15) is 0 Å². The van der Waals surface area contributed by atoms with Crippen molar-refractivity contribution in [1.82, 2.24) is 0 Å². The number of hydrogen-bond donors (Lipinski definition) is 2. The second-order valence-electron chi connectivity index (χ2n) is 2.89. The molecule has 0 aliphatic carbocycles. The number of aromatic hydroxyl groups is 1. The van der Waals surface area contributed by atoms with Crippen molar-refractivity contribution < 1.29 is 14.9 Å². The summed E-state index contributed by atoms with van der Waals surface area (Å²) in [5.41, 5.74) is 1.36. The summed E-state index contributed by atoms with van der Waals surface area (Å²) in [6.07, 6.45) is 3.76. The zero-order valence-corrected chi connectivity index (χ0v) is 8.32. The minimum absolute atomic E-state index is 0.00301. The Kier molecular flexibility index (Phi) is 3.54. The smallest absolute Gasteiger partial charge is 0.163 e. The third-order valence-corrected chi connectivity index (χ3v) is 1.93. The number of ether oxygens (including phenoxy) is 1. The first kappa shape index (κ1) is 10.6. The molecule has 0 aliphatic heterocycles. The topological polar surface area (TPSA) is 49.7 Å². The molecule has 0 spiro atoms. The predicted octanol–water partition coefficient (Wildman–Crippen LogP) is 1.93. The van der Waals surface area contributed by atoms with Crippen LogP contribution in [-0.4, -0.2) is 17.3 Å². The Morgan fingerprint density at radius 2 is 2.14 bits per heavy atom. The molecule has 3 heteroatoms. The van der Waals surface area contributed by atoms with Crippen LogP contribution < -0.4 is 4.74 Å². The van der Waals surface area contributed by atoms with E-state index in [1.807, 2.05) is 19.1 Å². The van der Waals surface area contributed by atoms with Crippen LogP contribution in [0.2, 0.25) is 0 Å². The number of rotatable bonds is 3. The van der Waals surface area contributed by atoms with Gasteiger partial charge in [0.25, 0.3) is 0 Å². The van der Waals surface area contributed by atoms with E-state index in [-0.39, 0.29) is 12.4 Å². The number of methoxy groups -OCH3 is 1. The van der Waals surface area contributed by atoms with Crippen LogP contribution in [0.4, 0.5) is 0 Å². The van der Waals surface area contributed by atoms with Crippen LogP contribution in [0.15, 0.2) is 18.2 Å². The number of aliphatic hydroxyl groups is 1. The standard InChI is InChI=1S/C11H14O3/c1-3-4-8-5-9(7-12)11(13)10(6-8)14-2/h3-6,12-13H,7H2,1-2H3. The highest BCUT2D eigenvalue weighted by Gasteiger charge is 2.08. The molecule has 2 N–H and O–H groups in total. The Hall–Kier alpha value is -1.48. The molecule has 1 aromatic carbocycles. The molecule has 0 radical (unpaired) electrons. The van der Waals surface area contributed by atoms with Crippen molar-refractivity contribution in [2.24, 2.45) is 0 Å². The largest absolute Gasteiger partial charge is 0.504 e. The van der Waals surface area contributed by atoms with Gasteiger partial charge < -0.3 is 14.9 Å². The molecule has 0 amide bonds. The average Bonchev–Trinajstić information content (AvgIpc) is 2.20. The van der Waals surface area contributed by atoms with Gasteiger partial charge in [-0.05, 0) is 24.6 Å². The molecule has 0 atom stereocenters. The Morgan fingerprint density at radius 1 is 1.43 bits per heavy atom. The number of benzene rings is 1. The minimum atomic E-state index is -0.201. The molecule has 14 heavy (non-hydrogen) atoms. The van der Waals surface area contributed by atoms with Crippen molar-refractivity contribution in [3.8, 4) is 11.5 Å². The molecular weight excluding hydrogens is 180 g/mol. The normalized spacial score (nSPS) is 10.8. The fourth-order valence-electron chi connectivity index (χ4n) is 1.25. The van der Waals surface area contributed by atoms with Crippen molar-refractivity contribution in [3.05, 3.63) is 29.3 Å². The third-order valence-electron chi connectivity index (χ3n) is 1.93. The fourth-order valence-corrected chi connectivity index (χ4v) is 1.25. The van der Waals surface area contributed by atoms with Crippen molar-refractivity contribution in [3.63, 3.8) is 0 Å². The lowest BCUT2D eigenvalue weighted by Gasteiger charge is -2.08. The van der Waals surface area contributed by atoms with Gasteiger partial charge in [-0.3, -0.25) is 0 Å². The molecule has 3 nitrogen and oxygen atoms in total. The number of aliphatic hydroxyl groups excluding tert-OH is 1. The van der Waals surface area contributed by atoms with Gasteiger partial charge in [0, 0.05) is 5.56 Å². The summed E-state index contributed by atoms with van der Waals surface area (Å²) in [5.74, 6) is 0.382. The van der Waals surface area contributed by atoms with Crippen LogP contribution in [0.1, 0.15) is 18.1 Å². The van der Waals surface area contributed by atoms with Crippen LogP contribution >= 0.6 is 0 Å². The highest BCUT2D eigenvalue weighted by Crippen LogP contribution is 2.31. The Balaban J connectivity index is 3.24. The van der Waals surface area contributed by atoms with Crippen LogP contribution in [0.3, 0.4) is 0 Å². The van der Waals surface area contributed by atoms with Gasteiger partial charge in [-0.25, -0.2) is 0 Å². The van der Waals surface area contributed by atoms with E-state index in [4.69, 9.17) is 9.84 Å². The van der Waals surface area contributed by atoms with Crippen LogP contribution in [-0.2, 0) is 6.61 Å². The first-order valence-electron chi connectivity index (χ1n) is 4.36. The van der Waals surface area contributed by atoms with Crippen molar-refractivity contribution in [1.29, 1.82) is 0 Å². The Morgan fingerprint density at radius 3 is 2.64 bits per heavy atom. The van der Waals surface area contributed by atoms with Gasteiger partial charge >= 0.3 is 0 Å². The summed E-state index contributed by atoms with van der Waals surface area (Å²) in [7, 11) is 1.48. The van der Waals surface area contributed by atoms with Gasteiger partial charge in [0.15, 0.2) is 11.5 Å². The quantitative estimate of drug-likeness (QED) is 0.773. The first-order chi connectivity index (χ1) is 6.72. The zero-order valence-electron chi connectivity index (χ0n) is 8.32. The van der Waals surface area contributed by atoms with E-state index < -0.39 is 0 Å². The molecular formula is C11H14O3. The fraction of sp³-hybridized carbons (Fsp3) is 0.273. The molecule has 0 aromatic heterocycles. The highest BCUT2D eigenvalue weighted by molar-refractivity contribution is 5.58. The van der Waals surface area contributed by atoms with E-state index >= 15 is 0 Å². The van der Waals surface area contributed by atoms with E-state index in [0.717, 1.165) is 5.56 Å². The maximum Gasteiger partial charge on any atom is 0.163 e. The Labute approximate surface area is 83.3 Å². The molecule has 0 saturated carbocycles. The highest BCUT2D eigenvalue weighted by atomic mass is 16.5. The first-order valence-corrected chi connectivity index (χ1v) is 4.36. The van der Waals surface area contributed by atoms with Crippen LogP contribution in [0.5, 0.6) is 11.5 Å². The second-order valence-corrected chi connectivity index (χ2v) is 2.89. The van der Waals surface area contributed by atoms with Crippen LogP contribution in [0, 0.1) is 0 Å². The van der Waals surface area contributed by atoms with E-state index in [0.29, 0.717) is 11.3 Å². The molecule has 1 rings (SSSR count). The molecule has 0 bridgehead atoms. The van der Waals surface area contributed by atoms with Gasteiger partial charge in [-0.1, -0.05) is 12.2 Å². The summed E-state index contributed by atoms with van der Waals surface area (Å²) < 4.78 is 4.98. The molecule has 0 heterocycles. The zero-order chi connectivity index (χ0) is 10.6. The van der Waals surface area contributed by atoms with E-state index in [9.17, 15) is 5.11 Å². The lowest BCUT2D eigenvalue weighted by molar-refractivity contribution is 0.272. The maximum absolute atomic E-state index is 9.57. The average molecular weight is 194 g/mol. The predicted molar refractivity (Wildman–Crippen MR) is 55.3 cm³/mol.